The maximum absolute atomic E-state index is 12.9. The van der Waals surface area contributed by atoms with Crippen LogP contribution >= 0.6 is 0 Å². The summed E-state index contributed by atoms with van der Waals surface area (Å²) in [6.45, 7) is 8.49. The Morgan fingerprint density at radius 1 is 1.43 bits per heavy atom. The van der Waals surface area contributed by atoms with E-state index in [0.717, 1.165) is 32.5 Å². The molecule has 2 unspecified atom stereocenters. The number of hydrogen-bond donors (Lipinski definition) is 2. The van der Waals surface area contributed by atoms with Crippen LogP contribution in [0.3, 0.4) is 0 Å². The van der Waals surface area contributed by atoms with Crippen molar-refractivity contribution < 1.29 is 14.6 Å². The summed E-state index contributed by atoms with van der Waals surface area (Å²) in [5.74, 6) is 0.134. The zero-order valence-electron chi connectivity index (χ0n) is 13.5. The molecular formula is C15H29N3O3. The van der Waals surface area contributed by atoms with Crippen molar-refractivity contribution in [3.63, 3.8) is 0 Å². The van der Waals surface area contributed by atoms with Gasteiger partial charge in [0.2, 0.25) is 0 Å². The number of carbonyl (C=O) groups is 1. The minimum Gasteiger partial charge on any atom is -0.392 e. The molecule has 2 N–H and O–H groups in total. The predicted molar refractivity (Wildman–Crippen MR) is 81.1 cm³/mol. The summed E-state index contributed by atoms with van der Waals surface area (Å²) < 4.78 is 5.64. The number of carbonyl (C=O) groups excluding carboxylic acids is 1. The molecule has 1 amide bonds. The van der Waals surface area contributed by atoms with Crippen LogP contribution < -0.4 is 5.32 Å². The van der Waals surface area contributed by atoms with Crippen molar-refractivity contribution in [2.24, 2.45) is 0 Å². The number of β-amino-alcohol motifs (C(OH)–C–C–N with tert-alkyl or cyclic N) is 1. The third kappa shape index (κ3) is 3.74. The summed E-state index contributed by atoms with van der Waals surface area (Å²) in [7, 11) is 1.65. The first-order valence-corrected chi connectivity index (χ1v) is 7.96. The lowest BCUT2D eigenvalue weighted by Gasteiger charge is -2.44. The highest BCUT2D eigenvalue weighted by Gasteiger charge is 2.43. The SMILES string of the molecule is COC1(C(=O)N2CCN(CC(C)O)C(C)C2)CCNCC1. The number of ether oxygens (including phenoxy) is 1. The van der Waals surface area contributed by atoms with E-state index in [1.165, 1.54) is 0 Å². The first-order chi connectivity index (χ1) is 9.98. The van der Waals surface area contributed by atoms with Crippen molar-refractivity contribution in [3.05, 3.63) is 0 Å². The summed E-state index contributed by atoms with van der Waals surface area (Å²) in [6, 6.07) is 0.271. The quantitative estimate of drug-likeness (QED) is 0.744. The molecule has 0 spiro atoms. The standard InChI is InChI=1S/C15H29N3O3/c1-12-10-18(9-8-17(12)11-13(2)19)14(20)15(21-3)4-6-16-7-5-15/h12-13,16,19H,4-11H2,1-3H3. The summed E-state index contributed by atoms with van der Waals surface area (Å²) >= 11 is 0. The van der Waals surface area contributed by atoms with E-state index < -0.39 is 5.60 Å². The molecular weight excluding hydrogens is 270 g/mol. The largest absolute Gasteiger partial charge is 0.392 e. The normalized spacial score (nSPS) is 28.4. The molecule has 2 aliphatic rings. The Kier molecular flexibility index (Phi) is 5.60. The molecule has 2 rings (SSSR count). The topological polar surface area (TPSA) is 65.0 Å². The maximum Gasteiger partial charge on any atom is 0.255 e. The van der Waals surface area contributed by atoms with Crippen LogP contribution in [0.4, 0.5) is 0 Å². The third-order valence-electron chi connectivity index (χ3n) is 4.74. The van der Waals surface area contributed by atoms with Gasteiger partial charge in [0.1, 0.15) is 5.60 Å². The highest BCUT2D eigenvalue weighted by molar-refractivity contribution is 5.85. The van der Waals surface area contributed by atoms with E-state index in [9.17, 15) is 9.90 Å². The number of piperidine rings is 1. The molecule has 2 heterocycles. The van der Waals surface area contributed by atoms with Crippen molar-refractivity contribution in [3.8, 4) is 0 Å². The van der Waals surface area contributed by atoms with Gasteiger partial charge in [-0.15, -0.1) is 0 Å². The van der Waals surface area contributed by atoms with Crippen molar-refractivity contribution in [2.75, 3.05) is 46.4 Å². The van der Waals surface area contributed by atoms with Crippen LogP contribution in [0.2, 0.25) is 0 Å². The molecule has 0 aromatic carbocycles. The van der Waals surface area contributed by atoms with Crippen LogP contribution in [-0.4, -0.2) is 84.9 Å². The van der Waals surface area contributed by atoms with Gasteiger partial charge in [-0.05, 0) is 39.8 Å². The Bertz CT molecular complexity index is 356. The van der Waals surface area contributed by atoms with E-state index in [-0.39, 0.29) is 18.1 Å². The van der Waals surface area contributed by atoms with Gasteiger partial charge < -0.3 is 20.1 Å². The van der Waals surface area contributed by atoms with Crippen LogP contribution in [0.25, 0.3) is 0 Å². The lowest BCUT2D eigenvalue weighted by molar-refractivity contribution is -0.161. The van der Waals surface area contributed by atoms with Crippen LogP contribution in [0.5, 0.6) is 0 Å². The number of aliphatic hydroxyl groups excluding tert-OH is 1. The molecule has 0 saturated carbocycles. The van der Waals surface area contributed by atoms with Gasteiger partial charge >= 0.3 is 0 Å². The fraction of sp³-hybridized carbons (Fsp3) is 0.933. The highest BCUT2D eigenvalue weighted by Crippen LogP contribution is 2.26. The van der Waals surface area contributed by atoms with E-state index in [2.05, 4.69) is 17.1 Å². The molecule has 0 bridgehead atoms. The molecule has 0 aromatic heterocycles. The summed E-state index contributed by atoms with van der Waals surface area (Å²) in [5.41, 5.74) is -0.641. The third-order valence-corrected chi connectivity index (χ3v) is 4.74. The zero-order valence-corrected chi connectivity index (χ0v) is 13.5. The van der Waals surface area contributed by atoms with Gasteiger partial charge in [0, 0.05) is 39.3 Å². The van der Waals surface area contributed by atoms with Crippen molar-refractivity contribution in [1.82, 2.24) is 15.1 Å². The molecule has 0 aliphatic carbocycles. The molecule has 122 valence electrons. The van der Waals surface area contributed by atoms with Crippen molar-refractivity contribution in [1.29, 1.82) is 0 Å². The Balaban J connectivity index is 1.98. The maximum atomic E-state index is 12.9. The van der Waals surface area contributed by atoms with Crippen LogP contribution in [-0.2, 0) is 9.53 Å². The van der Waals surface area contributed by atoms with Gasteiger partial charge in [-0.2, -0.15) is 0 Å². The Morgan fingerprint density at radius 2 is 2.10 bits per heavy atom. The van der Waals surface area contributed by atoms with Gasteiger partial charge in [0.25, 0.3) is 5.91 Å². The van der Waals surface area contributed by atoms with Crippen LogP contribution in [0.15, 0.2) is 0 Å². The van der Waals surface area contributed by atoms with Gasteiger partial charge in [0.05, 0.1) is 6.10 Å². The number of hydrogen-bond acceptors (Lipinski definition) is 5. The van der Waals surface area contributed by atoms with E-state index in [1.807, 2.05) is 4.90 Å². The molecule has 6 nitrogen and oxygen atoms in total. The fourth-order valence-electron chi connectivity index (χ4n) is 3.41. The molecule has 2 aliphatic heterocycles. The van der Waals surface area contributed by atoms with E-state index in [0.29, 0.717) is 19.6 Å². The van der Waals surface area contributed by atoms with E-state index in [4.69, 9.17) is 4.74 Å². The predicted octanol–water partition coefficient (Wildman–Crippen LogP) is -0.331. The smallest absolute Gasteiger partial charge is 0.255 e. The average molecular weight is 299 g/mol. The second-order valence-corrected chi connectivity index (χ2v) is 6.39. The second-order valence-electron chi connectivity index (χ2n) is 6.39. The molecule has 2 fully saturated rings. The minimum absolute atomic E-state index is 0.134. The van der Waals surface area contributed by atoms with Crippen molar-refractivity contribution in [2.45, 2.75) is 44.4 Å². The summed E-state index contributed by atoms with van der Waals surface area (Å²) in [6.07, 6.45) is 1.15. The number of nitrogens with zero attached hydrogens (tertiary/aromatic N) is 2. The number of aliphatic hydroxyl groups is 1. The average Bonchev–Trinajstić information content (AvgIpc) is 2.49. The molecule has 0 aromatic rings. The molecule has 21 heavy (non-hydrogen) atoms. The van der Waals surface area contributed by atoms with Gasteiger partial charge in [-0.1, -0.05) is 0 Å². The van der Waals surface area contributed by atoms with Crippen molar-refractivity contribution >= 4 is 5.91 Å². The monoisotopic (exact) mass is 299 g/mol. The van der Waals surface area contributed by atoms with Crippen LogP contribution in [0.1, 0.15) is 26.7 Å². The molecule has 2 saturated heterocycles. The van der Waals surface area contributed by atoms with Gasteiger partial charge in [-0.3, -0.25) is 9.69 Å². The molecule has 6 heteroatoms. The second kappa shape index (κ2) is 7.05. The fourth-order valence-corrected chi connectivity index (χ4v) is 3.41. The van der Waals surface area contributed by atoms with E-state index in [1.54, 1.807) is 14.0 Å². The summed E-state index contributed by atoms with van der Waals surface area (Å²) in [5, 5.41) is 12.8. The first-order valence-electron chi connectivity index (χ1n) is 7.96. The number of rotatable bonds is 4. The number of nitrogens with one attached hydrogen (secondary N) is 1. The Labute approximate surface area is 127 Å². The molecule has 0 radical (unpaired) electrons. The summed E-state index contributed by atoms with van der Waals surface area (Å²) in [4.78, 5) is 17.1. The Morgan fingerprint density at radius 3 is 2.62 bits per heavy atom. The number of methoxy groups -OCH3 is 1. The lowest BCUT2D eigenvalue weighted by atomic mass is 9.90. The Hall–Kier alpha value is -0.690. The number of piperazine rings is 1. The first kappa shape index (κ1) is 16.7. The molecule has 2 atom stereocenters. The van der Waals surface area contributed by atoms with Gasteiger partial charge in [-0.25, -0.2) is 0 Å². The van der Waals surface area contributed by atoms with Crippen LogP contribution in [0, 0.1) is 0 Å². The number of amides is 1. The highest BCUT2D eigenvalue weighted by atomic mass is 16.5. The minimum atomic E-state index is -0.641. The zero-order chi connectivity index (χ0) is 15.5. The lowest BCUT2D eigenvalue weighted by Crippen LogP contribution is -2.61. The van der Waals surface area contributed by atoms with E-state index >= 15 is 0 Å². The van der Waals surface area contributed by atoms with Gasteiger partial charge in [0.15, 0.2) is 0 Å².